The molecule has 0 aromatic rings. The van der Waals surface area contributed by atoms with E-state index in [1.165, 1.54) is 25.8 Å². The number of nitrogens with zero attached hydrogens (tertiary/aromatic N) is 2. The summed E-state index contributed by atoms with van der Waals surface area (Å²) in [5.41, 5.74) is 0. The molecule has 0 fully saturated rings. The van der Waals surface area contributed by atoms with E-state index in [1.54, 1.807) is 0 Å². The van der Waals surface area contributed by atoms with Gasteiger partial charge in [0, 0.05) is 32.4 Å². The Labute approximate surface area is 102 Å². The standard InChI is InChI=1S/C8H16N2.CH3Cl.CH2O3/c1-3-4-5-10-7-6-9(2)8-10;1-2;2-1(3)4/h6-7H,3-5,8H2,1-2H3;1H3;(H2,2,3,4). The zero-order chi connectivity index (χ0) is 13.0. The Balaban J connectivity index is 0. The largest absolute Gasteiger partial charge is 0.503 e. The molecule has 0 aliphatic carbocycles. The molecule has 0 saturated carbocycles. The summed E-state index contributed by atoms with van der Waals surface area (Å²) >= 11 is 4.64. The minimum Gasteiger partial charge on any atom is -0.450 e. The van der Waals surface area contributed by atoms with Gasteiger partial charge in [-0.2, -0.15) is 0 Å². The van der Waals surface area contributed by atoms with Crippen molar-refractivity contribution < 1.29 is 15.0 Å². The van der Waals surface area contributed by atoms with E-state index in [-0.39, 0.29) is 0 Å². The molecule has 1 heterocycles. The van der Waals surface area contributed by atoms with Crippen LogP contribution in [-0.4, -0.2) is 52.8 Å². The van der Waals surface area contributed by atoms with Gasteiger partial charge in [0.2, 0.25) is 0 Å². The van der Waals surface area contributed by atoms with Gasteiger partial charge >= 0.3 is 6.16 Å². The fourth-order valence-corrected chi connectivity index (χ4v) is 1.10. The molecule has 1 aliphatic rings. The van der Waals surface area contributed by atoms with Gasteiger partial charge in [0.1, 0.15) is 0 Å². The highest BCUT2D eigenvalue weighted by atomic mass is 35.5. The van der Waals surface area contributed by atoms with Crippen molar-refractivity contribution in [1.82, 2.24) is 9.80 Å². The minimum atomic E-state index is -1.83. The van der Waals surface area contributed by atoms with Crippen molar-refractivity contribution in [3.05, 3.63) is 12.4 Å². The van der Waals surface area contributed by atoms with Gasteiger partial charge in [-0.05, 0) is 6.42 Å². The Hall–Kier alpha value is -1.10. The number of alkyl halides is 1. The zero-order valence-corrected chi connectivity index (χ0v) is 10.8. The fourth-order valence-electron chi connectivity index (χ4n) is 1.10. The van der Waals surface area contributed by atoms with Crippen LogP contribution in [-0.2, 0) is 0 Å². The molecule has 5 nitrogen and oxygen atoms in total. The Bertz CT molecular complexity index is 197. The number of hydrogen-bond donors (Lipinski definition) is 2. The van der Waals surface area contributed by atoms with Gasteiger partial charge in [0.25, 0.3) is 0 Å². The Morgan fingerprint density at radius 1 is 1.38 bits per heavy atom. The summed E-state index contributed by atoms with van der Waals surface area (Å²) in [7, 11) is 2.10. The Morgan fingerprint density at radius 3 is 2.19 bits per heavy atom. The molecule has 1 aliphatic heterocycles. The van der Waals surface area contributed by atoms with Crippen molar-refractivity contribution >= 4 is 17.8 Å². The number of hydrogen-bond acceptors (Lipinski definition) is 3. The Morgan fingerprint density at radius 2 is 1.88 bits per heavy atom. The third-order valence-electron chi connectivity index (χ3n) is 1.74. The number of unbranched alkanes of at least 4 members (excludes halogenated alkanes) is 1. The molecule has 6 heteroatoms. The van der Waals surface area contributed by atoms with Crippen LogP contribution in [0.5, 0.6) is 0 Å². The molecule has 0 unspecified atom stereocenters. The van der Waals surface area contributed by atoms with Crippen LogP contribution in [0, 0.1) is 0 Å². The molecule has 0 spiro atoms. The van der Waals surface area contributed by atoms with Crippen molar-refractivity contribution in [3.63, 3.8) is 0 Å². The number of halogens is 1. The van der Waals surface area contributed by atoms with Crippen molar-refractivity contribution in [1.29, 1.82) is 0 Å². The molecular formula is C10H21ClN2O3. The van der Waals surface area contributed by atoms with Crippen molar-refractivity contribution in [3.8, 4) is 0 Å². The molecular weight excluding hydrogens is 232 g/mol. The first kappa shape index (κ1) is 17.3. The summed E-state index contributed by atoms with van der Waals surface area (Å²) in [6.07, 6.45) is 6.51. The van der Waals surface area contributed by atoms with Gasteiger partial charge in [-0.25, -0.2) is 4.79 Å². The molecule has 96 valence electrons. The fraction of sp³-hybridized carbons (Fsp3) is 0.700. The summed E-state index contributed by atoms with van der Waals surface area (Å²) in [5, 5.41) is 13.9. The lowest BCUT2D eigenvalue weighted by Crippen LogP contribution is -2.23. The van der Waals surface area contributed by atoms with Gasteiger partial charge in [-0.3, -0.25) is 0 Å². The summed E-state index contributed by atoms with van der Waals surface area (Å²) in [6.45, 7) is 4.50. The first-order valence-corrected chi connectivity index (χ1v) is 5.74. The van der Waals surface area contributed by atoms with Crippen LogP contribution in [0.1, 0.15) is 19.8 Å². The van der Waals surface area contributed by atoms with Crippen LogP contribution in [0.4, 0.5) is 4.79 Å². The predicted molar refractivity (Wildman–Crippen MR) is 65.8 cm³/mol. The van der Waals surface area contributed by atoms with E-state index in [0.717, 1.165) is 6.67 Å². The highest BCUT2D eigenvalue weighted by molar-refractivity contribution is 6.15. The van der Waals surface area contributed by atoms with E-state index in [9.17, 15) is 0 Å². The quantitative estimate of drug-likeness (QED) is 0.756. The van der Waals surface area contributed by atoms with E-state index in [0.29, 0.717) is 0 Å². The molecule has 16 heavy (non-hydrogen) atoms. The lowest BCUT2D eigenvalue weighted by molar-refractivity contribution is 0.137. The maximum atomic E-state index is 8.56. The molecule has 0 bridgehead atoms. The average molecular weight is 253 g/mol. The van der Waals surface area contributed by atoms with Crippen LogP contribution in [0.15, 0.2) is 12.4 Å². The van der Waals surface area contributed by atoms with Gasteiger partial charge in [0.05, 0.1) is 6.67 Å². The first-order valence-electron chi connectivity index (χ1n) is 4.98. The van der Waals surface area contributed by atoms with Gasteiger partial charge in [-0.15, -0.1) is 11.6 Å². The third-order valence-corrected chi connectivity index (χ3v) is 1.74. The number of carbonyl (C=O) groups is 1. The van der Waals surface area contributed by atoms with Gasteiger partial charge < -0.3 is 20.0 Å². The molecule has 1 rings (SSSR count). The molecule has 2 N–H and O–H groups in total. The maximum absolute atomic E-state index is 8.56. The lowest BCUT2D eigenvalue weighted by Gasteiger charge is -2.17. The summed E-state index contributed by atoms with van der Waals surface area (Å²) in [4.78, 5) is 13.1. The maximum Gasteiger partial charge on any atom is 0.503 e. The summed E-state index contributed by atoms with van der Waals surface area (Å²) in [5.74, 6) is 0. The normalized spacial score (nSPS) is 12.5. The molecule has 0 atom stereocenters. The van der Waals surface area contributed by atoms with E-state index >= 15 is 0 Å². The van der Waals surface area contributed by atoms with E-state index in [4.69, 9.17) is 15.0 Å². The van der Waals surface area contributed by atoms with Crippen molar-refractivity contribution in [2.45, 2.75) is 19.8 Å². The molecule has 0 aromatic heterocycles. The summed E-state index contributed by atoms with van der Waals surface area (Å²) < 4.78 is 0. The SMILES string of the molecule is CCCCN1C=CN(C)C1.CCl.O=C(O)O. The van der Waals surface area contributed by atoms with Gasteiger partial charge in [-0.1, -0.05) is 13.3 Å². The van der Waals surface area contributed by atoms with Crippen LogP contribution >= 0.6 is 11.6 Å². The monoisotopic (exact) mass is 252 g/mol. The number of carboxylic acid groups (broad SMARTS) is 2. The van der Waals surface area contributed by atoms with Gasteiger partial charge in [0.15, 0.2) is 0 Å². The third kappa shape index (κ3) is 12.9. The highest BCUT2D eigenvalue weighted by Gasteiger charge is 2.05. The van der Waals surface area contributed by atoms with E-state index in [1.807, 2.05) is 0 Å². The van der Waals surface area contributed by atoms with Crippen LogP contribution in [0.25, 0.3) is 0 Å². The minimum absolute atomic E-state index is 1.07. The second-order valence-corrected chi connectivity index (χ2v) is 3.15. The van der Waals surface area contributed by atoms with Crippen LogP contribution in [0.3, 0.4) is 0 Å². The molecule has 0 saturated heterocycles. The highest BCUT2D eigenvalue weighted by Crippen LogP contribution is 2.04. The summed E-state index contributed by atoms with van der Waals surface area (Å²) in [6, 6.07) is 0. The Kier molecular flexibility index (Phi) is 12.9. The van der Waals surface area contributed by atoms with Crippen LogP contribution in [0.2, 0.25) is 0 Å². The van der Waals surface area contributed by atoms with E-state index < -0.39 is 6.16 Å². The first-order chi connectivity index (χ1) is 7.56. The molecule has 0 aromatic carbocycles. The smallest absolute Gasteiger partial charge is 0.450 e. The van der Waals surface area contributed by atoms with Crippen molar-refractivity contribution in [2.24, 2.45) is 0 Å². The molecule has 0 radical (unpaired) electrons. The van der Waals surface area contributed by atoms with Crippen LogP contribution < -0.4 is 0 Å². The lowest BCUT2D eigenvalue weighted by atomic mass is 10.3. The molecule has 0 amide bonds. The number of rotatable bonds is 3. The predicted octanol–water partition coefficient (Wildman–Crippen LogP) is 2.54. The second kappa shape index (κ2) is 12.0. The van der Waals surface area contributed by atoms with E-state index in [2.05, 4.69) is 47.8 Å². The zero-order valence-electron chi connectivity index (χ0n) is 10.1. The topological polar surface area (TPSA) is 64.0 Å². The van der Waals surface area contributed by atoms with Crippen molar-refractivity contribution in [2.75, 3.05) is 26.6 Å². The second-order valence-electron chi connectivity index (χ2n) is 3.15. The average Bonchev–Trinajstić information content (AvgIpc) is 2.63.